The van der Waals surface area contributed by atoms with Crippen molar-refractivity contribution >= 4 is 17.2 Å². The first-order chi connectivity index (χ1) is 5.83. The number of hydrogen-bond acceptors (Lipinski definition) is 2. The molecule has 0 saturated heterocycles. The highest BCUT2D eigenvalue weighted by Crippen LogP contribution is 2.14. The highest BCUT2D eigenvalue weighted by molar-refractivity contribution is 6.17. The lowest BCUT2D eigenvalue weighted by atomic mass is 10.3. The van der Waals surface area contributed by atoms with E-state index in [1.165, 1.54) is 0 Å². The molecule has 4 heteroatoms. The summed E-state index contributed by atoms with van der Waals surface area (Å²) in [4.78, 5) is 4.19. The number of hydrogen-bond donors (Lipinski definition) is 0. The lowest BCUT2D eigenvalue weighted by molar-refractivity contribution is 0.917. The number of aromatic nitrogens is 3. The van der Waals surface area contributed by atoms with Crippen LogP contribution in [0.3, 0.4) is 0 Å². The minimum Gasteiger partial charge on any atom is -0.237 e. The Morgan fingerprint density at radius 1 is 1.58 bits per heavy atom. The Balaban J connectivity index is 2.81. The predicted octanol–water partition coefficient (Wildman–Crippen LogP) is 1.78. The van der Waals surface area contributed by atoms with Crippen LogP contribution in [0.2, 0.25) is 0 Å². The van der Waals surface area contributed by atoms with Crippen molar-refractivity contribution in [3.8, 4) is 0 Å². The van der Waals surface area contributed by atoms with Gasteiger partial charge in [-0.25, -0.2) is 9.50 Å². The van der Waals surface area contributed by atoms with Gasteiger partial charge in [0.1, 0.15) is 0 Å². The SMILES string of the molecule is Cc1nn2cccnc2c1CCl. The predicted molar refractivity (Wildman–Crippen MR) is 47.3 cm³/mol. The Kier molecular flexibility index (Phi) is 1.73. The molecule has 0 fully saturated rings. The largest absolute Gasteiger partial charge is 0.237 e. The Morgan fingerprint density at radius 3 is 3.17 bits per heavy atom. The zero-order valence-electron chi connectivity index (χ0n) is 6.66. The molecule has 0 aliphatic rings. The Morgan fingerprint density at radius 2 is 2.42 bits per heavy atom. The van der Waals surface area contributed by atoms with E-state index in [4.69, 9.17) is 11.6 Å². The molecule has 0 N–H and O–H groups in total. The van der Waals surface area contributed by atoms with E-state index in [-0.39, 0.29) is 0 Å². The average Bonchev–Trinajstić information content (AvgIpc) is 2.40. The number of halogens is 1. The molecular formula is C8H8ClN3. The molecule has 3 nitrogen and oxygen atoms in total. The number of aryl methyl sites for hydroxylation is 1. The minimum absolute atomic E-state index is 0.465. The summed E-state index contributed by atoms with van der Waals surface area (Å²) >= 11 is 5.76. The third kappa shape index (κ3) is 0.975. The van der Waals surface area contributed by atoms with Gasteiger partial charge in [0.15, 0.2) is 5.65 Å². The van der Waals surface area contributed by atoms with Gasteiger partial charge in [0, 0.05) is 18.0 Å². The number of rotatable bonds is 1. The van der Waals surface area contributed by atoms with Crippen LogP contribution in [0.1, 0.15) is 11.3 Å². The standard InChI is InChI=1S/C8H8ClN3/c1-6-7(5-9)8-10-3-2-4-12(8)11-6/h2-4H,5H2,1H3. The Bertz CT molecular complexity index is 408. The van der Waals surface area contributed by atoms with Gasteiger partial charge in [0.25, 0.3) is 0 Å². The summed E-state index contributed by atoms with van der Waals surface area (Å²) in [6, 6.07) is 1.84. The number of nitrogens with zero attached hydrogens (tertiary/aromatic N) is 3. The van der Waals surface area contributed by atoms with E-state index in [1.54, 1.807) is 10.7 Å². The third-order valence-electron chi connectivity index (χ3n) is 1.83. The normalized spacial score (nSPS) is 10.8. The minimum atomic E-state index is 0.465. The van der Waals surface area contributed by atoms with E-state index in [2.05, 4.69) is 10.1 Å². The summed E-state index contributed by atoms with van der Waals surface area (Å²) in [5, 5.41) is 4.25. The van der Waals surface area contributed by atoms with Crippen molar-refractivity contribution in [1.29, 1.82) is 0 Å². The monoisotopic (exact) mass is 181 g/mol. The molecule has 0 aromatic carbocycles. The molecule has 0 bridgehead atoms. The van der Waals surface area contributed by atoms with Crippen LogP contribution in [0.4, 0.5) is 0 Å². The second kappa shape index (κ2) is 2.75. The van der Waals surface area contributed by atoms with Gasteiger partial charge in [-0.05, 0) is 13.0 Å². The maximum absolute atomic E-state index is 5.76. The molecule has 0 amide bonds. The summed E-state index contributed by atoms with van der Waals surface area (Å²) in [7, 11) is 0. The van der Waals surface area contributed by atoms with Gasteiger partial charge in [0.05, 0.1) is 11.6 Å². The van der Waals surface area contributed by atoms with Crippen molar-refractivity contribution in [3.05, 3.63) is 29.7 Å². The second-order valence-corrected chi connectivity index (χ2v) is 2.85. The molecule has 0 spiro atoms. The summed E-state index contributed by atoms with van der Waals surface area (Å²) in [6.07, 6.45) is 3.61. The second-order valence-electron chi connectivity index (χ2n) is 2.59. The molecule has 0 unspecified atom stereocenters. The van der Waals surface area contributed by atoms with Crippen LogP contribution in [-0.4, -0.2) is 14.6 Å². The van der Waals surface area contributed by atoms with E-state index in [9.17, 15) is 0 Å². The van der Waals surface area contributed by atoms with Crippen molar-refractivity contribution in [3.63, 3.8) is 0 Å². The lowest BCUT2D eigenvalue weighted by Crippen LogP contribution is -1.87. The van der Waals surface area contributed by atoms with Gasteiger partial charge in [-0.3, -0.25) is 0 Å². The van der Waals surface area contributed by atoms with Crippen molar-refractivity contribution in [2.24, 2.45) is 0 Å². The first-order valence-corrected chi connectivity index (χ1v) is 4.21. The van der Waals surface area contributed by atoms with E-state index in [1.807, 2.05) is 19.2 Å². The zero-order valence-corrected chi connectivity index (χ0v) is 7.41. The third-order valence-corrected chi connectivity index (χ3v) is 2.09. The summed E-state index contributed by atoms with van der Waals surface area (Å²) < 4.78 is 1.74. The van der Waals surface area contributed by atoms with Gasteiger partial charge >= 0.3 is 0 Å². The summed E-state index contributed by atoms with van der Waals surface area (Å²) in [5.74, 6) is 0.465. The molecule has 0 atom stereocenters. The maximum Gasteiger partial charge on any atom is 0.159 e. The van der Waals surface area contributed by atoms with Crippen molar-refractivity contribution < 1.29 is 0 Å². The van der Waals surface area contributed by atoms with Crippen LogP contribution in [0.15, 0.2) is 18.5 Å². The van der Waals surface area contributed by atoms with Gasteiger partial charge in [0.2, 0.25) is 0 Å². The van der Waals surface area contributed by atoms with E-state index in [0.29, 0.717) is 5.88 Å². The molecule has 0 radical (unpaired) electrons. The molecule has 12 heavy (non-hydrogen) atoms. The van der Waals surface area contributed by atoms with Gasteiger partial charge < -0.3 is 0 Å². The Hall–Kier alpha value is -1.09. The smallest absolute Gasteiger partial charge is 0.159 e. The summed E-state index contributed by atoms with van der Waals surface area (Å²) in [6.45, 7) is 1.94. The van der Waals surface area contributed by atoms with Crippen molar-refractivity contribution in [1.82, 2.24) is 14.6 Å². The number of fused-ring (bicyclic) bond motifs is 1. The molecular weight excluding hydrogens is 174 g/mol. The average molecular weight is 182 g/mol. The van der Waals surface area contributed by atoms with Crippen molar-refractivity contribution in [2.75, 3.05) is 0 Å². The molecule has 62 valence electrons. The fraction of sp³-hybridized carbons (Fsp3) is 0.250. The maximum atomic E-state index is 5.76. The topological polar surface area (TPSA) is 30.2 Å². The Labute approximate surface area is 75.0 Å². The molecule has 2 aromatic heterocycles. The molecule has 2 rings (SSSR count). The quantitative estimate of drug-likeness (QED) is 0.628. The van der Waals surface area contributed by atoms with Crippen LogP contribution in [0, 0.1) is 6.92 Å². The van der Waals surface area contributed by atoms with Gasteiger partial charge in [-0.15, -0.1) is 11.6 Å². The lowest BCUT2D eigenvalue weighted by Gasteiger charge is -1.91. The van der Waals surface area contributed by atoms with Crippen LogP contribution in [0.25, 0.3) is 5.65 Å². The molecule has 2 heterocycles. The first-order valence-electron chi connectivity index (χ1n) is 3.67. The van der Waals surface area contributed by atoms with Crippen LogP contribution < -0.4 is 0 Å². The first kappa shape index (κ1) is 7.55. The highest BCUT2D eigenvalue weighted by Gasteiger charge is 2.07. The van der Waals surface area contributed by atoms with E-state index < -0.39 is 0 Å². The summed E-state index contributed by atoms with van der Waals surface area (Å²) in [5.41, 5.74) is 2.81. The fourth-order valence-electron chi connectivity index (χ4n) is 1.20. The molecule has 0 aliphatic carbocycles. The van der Waals surface area contributed by atoms with Crippen LogP contribution in [-0.2, 0) is 5.88 Å². The van der Waals surface area contributed by atoms with E-state index >= 15 is 0 Å². The van der Waals surface area contributed by atoms with Crippen LogP contribution in [0.5, 0.6) is 0 Å². The van der Waals surface area contributed by atoms with Gasteiger partial charge in [-0.1, -0.05) is 0 Å². The highest BCUT2D eigenvalue weighted by atomic mass is 35.5. The fourth-order valence-corrected chi connectivity index (χ4v) is 1.51. The zero-order chi connectivity index (χ0) is 8.55. The van der Waals surface area contributed by atoms with Gasteiger partial charge in [-0.2, -0.15) is 5.10 Å². The molecule has 0 saturated carbocycles. The molecule has 0 aliphatic heterocycles. The van der Waals surface area contributed by atoms with Crippen molar-refractivity contribution in [2.45, 2.75) is 12.8 Å². The van der Waals surface area contributed by atoms with Crippen LogP contribution >= 0.6 is 11.6 Å². The molecule has 2 aromatic rings. The van der Waals surface area contributed by atoms with E-state index in [0.717, 1.165) is 16.9 Å². The number of alkyl halides is 1.